The zero-order valence-electron chi connectivity index (χ0n) is 19.0. The fraction of sp³-hybridized carbons (Fsp3) is 0.522. The lowest BCUT2D eigenvalue weighted by Gasteiger charge is -2.26. The summed E-state index contributed by atoms with van der Waals surface area (Å²) in [6, 6.07) is 4.53. The van der Waals surface area contributed by atoms with E-state index in [4.69, 9.17) is 0 Å². The zero-order valence-corrected chi connectivity index (χ0v) is 19.8. The van der Waals surface area contributed by atoms with Crippen molar-refractivity contribution in [1.29, 1.82) is 0 Å². The average molecular weight is 471 g/mol. The van der Waals surface area contributed by atoms with E-state index in [1.54, 1.807) is 10.1 Å². The highest BCUT2D eigenvalue weighted by molar-refractivity contribution is 7.14. The first kappa shape index (κ1) is 22.1. The normalized spacial score (nSPS) is 20.6. The molecule has 9 nitrogen and oxygen atoms in total. The number of likely N-dealkylation sites (tertiary alicyclic amines) is 1. The molecular formula is C23H30N6O3S. The van der Waals surface area contributed by atoms with Crippen LogP contribution in [0.2, 0.25) is 0 Å². The second-order valence-electron chi connectivity index (χ2n) is 8.95. The zero-order chi connectivity index (χ0) is 23.1. The Balaban J connectivity index is 1.33. The molecule has 10 heteroatoms. The summed E-state index contributed by atoms with van der Waals surface area (Å²) in [5.41, 5.74) is 5.61. The van der Waals surface area contributed by atoms with Crippen molar-refractivity contribution < 1.29 is 9.90 Å². The van der Waals surface area contributed by atoms with Crippen LogP contribution < -0.4 is 15.9 Å². The van der Waals surface area contributed by atoms with Crippen LogP contribution in [0.5, 0.6) is 0 Å². The summed E-state index contributed by atoms with van der Waals surface area (Å²) in [6.07, 6.45) is 1.60. The maximum absolute atomic E-state index is 12.3. The van der Waals surface area contributed by atoms with Gasteiger partial charge < -0.3 is 20.3 Å². The van der Waals surface area contributed by atoms with Gasteiger partial charge in [-0.1, -0.05) is 13.0 Å². The maximum Gasteiger partial charge on any atom is 0.326 e. The second-order valence-corrected chi connectivity index (χ2v) is 9.80. The lowest BCUT2D eigenvalue weighted by atomic mass is 10.0. The van der Waals surface area contributed by atoms with Gasteiger partial charge in [0.15, 0.2) is 5.82 Å². The molecule has 4 heterocycles. The molecule has 0 saturated carbocycles. The SMILES string of the molecule is CCC(=O)Nc1scnc1N1CC2CCN(Cc3ccc4c([nH]c(=O)n4CCO)c3C)C2C1. The predicted molar refractivity (Wildman–Crippen MR) is 130 cm³/mol. The fourth-order valence-corrected chi connectivity index (χ4v) is 6.02. The van der Waals surface area contributed by atoms with Crippen molar-refractivity contribution in [1.82, 2.24) is 19.4 Å². The van der Waals surface area contributed by atoms with Gasteiger partial charge in [-0.05, 0) is 43.0 Å². The van der Waals surface area contributed by atoms with Crippen LogP contribution in [0.4, 0.5) is 10.8 Å². The standard InChI is InChI=1S/C23H30N6O3S/c1-3-19(31)25-22-21(24-13-33-22)28-11-16-6-7-27(18(16)12-28)10-15-4-5-17-20(14(15)2)26-23(32)29(17)8-9-30/h4-5,13,16,18,30H,3,6-12H2,1-2H3,(H,25,31)(H,26,32). The van der Waals surface area contributed by atoms with Gasteiger partial charge in [-0.25, -0.2) is 9.78 Å². The van der Waals surface area contributed by atoms with E-state index in [1.165, 1.54) is 16.9 Å². The molecule has 0 aliphatic carbocycles. The first-order chi connectivity index (χ1) is 16.0. The largest absolute Gasteiger partial charge is 0.395 e. The van der Waals surface area contributed by atoms with Crippen LogP contribution in [0.3, 0.4) is 0 Å². The number of carbonyl (C=O) groups excluding carboxylic acids is 1. The minimum absolute atomic E-state index is 0.0123. The molecule has 33 heavy (non-hydrogen) atoms. The number of fused-ring (bicyclic) bond motifs is 2. The molecule has 5 rings (SSSR count). The highest BCUT2D eigenvalue weighted by Gasteiger charge is 2.42. The number of carbonyl (C=O) groups is 1. The summed E-state index contributed by atoms with van der Waals surface area (Å²) in [5, 5.41) is 13.1. The highest BCUT2D eigenvalue weighted by atomic mass is 32.1. The number of amides is 1. The van der Waals surface area contributed by atoms with Gasteiger partial charge in [0, 0.05) is 32.1 Å². The topological polar surface area (TPSA) is 106 Å². The van der Waals surface area contributed by atoms with Gasteiger partial charge >= 0.3 is 5.69 Å². The van der Waals surface area contributed by atoms with E-state index in [0.29, 0.717) is 24.9 Å². The van der Waals surface area contributed by atoms with Crippen LogP contribution in [0, 0.1) is 12.8 Å². The van der Waals surface area contributed by atoms with E-state index in [1.807, 2.05) is 13.0 Å². The average Bonchev–Trinajstić information content (AvgIpc) is 3.56. The minimum atomic E-state index is -0.179. The van der Waals surface area contributed by atoms with Crippen molar-refractivity contribution >= 4 is 39.1 Å². The molecule has 2 aliphatic rings. The first-order valence-electron chi connectivity index (χ1n) is 11.5. The number of rotatable bonds is 7. The molecule has 0 radical (unpaired) electrons. The molecule has 2 atom stereocenters. The Kier molecular flexibility index (Phi) is 5.98. The van der Waals surface area contributed by atoms with E-state index >= 15 is 0 Å². The number of aliphatic hydroxyl groups excluding tert-OH is 1. The van der Waals surface area contributed by atoms with Crippen LogP contribution in [-0.4, -0.2) is 62.7 Å². The number of H-pyrrole nitrogens is 1. The smallest absolute Gasteiger partial charge is 0.326 e. The number of nitrogens with zero attached hydrogens (tertiary/aromatic N) is 4. The number of aliphatic hydroxyl groups is 1. The van der Waals surface area contributed by atoms with Crippen LogP contribution in [0.25, 0.3) is 11.0 Å². The molecule has 2 saturated heterocycles. The third-order valence-corrected chi connectivity index (χ3v) is 7.84. The summed E-state index contributed by atoms with van der Waals surface area (Å²) in [6.45, 7) is 7.88. The Hall–Kier alpha value is -2.69. The van der Waals surface area contributed by atoms with Gasteiger partial charge in [0.25, 0.3) is 0 Å². The van der Waals surface area contributed by atoms with Gasteiger partial charge in [-0.2, -0.15) is 0 Å². The fourth-order valence-electron chi connectivity index (χ4n) is 5.30. The molecule has 0 spiro atoms. The molecular weight excluding hydrogens is 440 g/mol. The highest BCUT2D eigenvalue weighted by Crippen LogP contribution is 2.38. The van der Waals surface area contributed by atoms with Crippen molar-refractivity contribution in [3.05, 3.63) is 39.3 Å². The van der Waals surface area contributed by atoms with Gasteiger partial charge in [-0.3, -0.25) is 14.3 Å². The number of imidazole rings is 1. The number of nitrogens with one attached hydrogen (secondary N) is 2. The minimum Gasteiger partial charge on any atom is -0.395 e. The van der Waals surface area contributed by atoms with Crippen LogP contribution in [0.15, 0.2) is 22.4 Å². The third-order valence-electron chi connectivity index (χ3n) is 7.10. The summed E-state index contributed by atoms with van der Waals surface area (Å²) in [4.78, 5) is 36.6. The predicted octanol–water partition coefficient (Wildman–Crippen LogP) is 2.15. The molecule has 1 aromatic carbocycles. The number of thiazole rings is 1. The number of hydrogen-bond donors (Lipinski definition) is 3. The van der Waals surface area contributed by atoms with Crippen molar-refractivity contribution in [3.63, 3.8) is 0 Å². The van der Waals surface area contributed by atoms with Crippen LogP contribution >= 0.6 is 11.3 Å². The molecule has 176 valence electrons. The Morgan fingerprint density at radius 2 is 2.21 bits per heavy atom. The third kappa shape index (κ3) is 3.96. The summed E-state index contributed by atoms with van der Waals surface area (Å²) >= 11 is 1.48. The lowest BCUT2D eigenvalue weighted by Crippen LogP contribution is -2.35. The van der Waals surface area contributed by atoms with Gasteiger partial charge in [-0.15, -0.1) is 11.3 Å². The quantitative estimate of drug-likeness (QED) is 0.489. The molecule has 2 fully saturated rings. The van der Waals surface area contributed by atoms with Crippen LogP contribution in [0.1, 0.15) is 30.9 Å². The molecule has 2 aliphatic heterocycles. The Bertz CT molecular complexity index is 1230. The number of anilines is 2. The number of hydrogen-bond acceptors (Lipinski definition) is 7. The monoisotopic (exact) mass is 470 g/mol. The van der Waals surface area contributed by atoms with E-state index in [0.717, 1.165) is 60.0 Å². The number of aryl methyl sites for hydroxylation is 1. The Labute approximate surface area is 196 Å². The number of aromatic amines is 1. The second kappa shape index (κ2) is 8.92. The lowest BCUT2D eigenvalue weighted by molar-refractivity contribution is -0.115. The van der Waals surface area contributed by atoms with E-state index in [2.05, 4.69) is 38.1 Å². The molecule has 2 unspecified atom stereocenters. The first-order valence-corrected chi connectivity index (χ1v) is 12.4. The number of benzene rings is 1. The van der Waals surface area contributed by atoms with Crippen molar-refractivity contribution in [3.8, 4) is 0 Å². The van der Waals surface area contributed by atoms with E-state index in [9.17, 15) is 14.7 Å². The van der Waals surface area contributed by atoms with Gasteiger partial charge in [0.2, 0.25) is 5.91 Å². The summed E-state index contributed by atoms with van der Waals surface area (Å²) in [7, 11) is 0. The maximum atomic E-state index is 12.3. The van der Waals surface area contributed by atoms with Crippen molar-refractivity contribution in [2.45, 2.75) is 45.8 Å². The summed E-state index contributed by atoms with van der Waals surface area (Å²) < 4.78 is 1.59. The van der Waals surface area contributed by atoms with Gasteiger partial charge in [0.1, 0.15) is 5.00 Å². The molecule has 0 bridgehead atoms. The van der Waals surface area contributed by atoms with E-state index in [-0.39, 0.29) is 18.2 Å². The van der Waals surface area contributed by atoms with Crippen molar-refractivity contribution in [2.24, 2.45) is 5.92 Å². The van der Waals surface area contributed by atoms with Crippen LogP contribution in [-0.2, 0) is 17.9 Å². The molecule has 2 aromatic heterocycles. The Morgan fingerprint density at radius 3 is 3.00 bits per heavy atom. The molecule has 1 amide bonds. The molecule has 3 N–H and O–H groups in total. The van der Waals surface area contributed by atoms with Crippen molar-refractivity contribution in [2.75, 3.05) is 36.5 Å². The Morgan fingerprint density at radius 1 is 1.36 bits per heavy atom. The summed E-state index contributed by atoms with van der Waals surface area (Å²) in [5.74, 6) is 1.48. The van der Waals surface area contributed by atoms with E-state index < -0.39 is 0 Å². The van der Waals surface area contributed by atoms with Gasteiger partial charge in [0.05, 0.1) is 29.7 Å². The number of aromatic nitrogens is 3. The molecule has 3 aromatic rings.